The zero-order chi connectivity index (χ0) is 4.99. The van der Waals surface area contributed by atoms with E-state index < -0.39 is 0 Å². The van der Waals surface area contributed by atoms with Crippen molar-refractivity contribution >= 4 is 21.8 Å². The van der Waals surface area contributed by atoms with Crippen LogP contribution in [-0.4, -0.2) is 18.3 Å². The second-order valence-electron chi connectivity index (χ2n) is 0.761. The molecule has 0 bridgehead atoms. The van der Waals surface area contributed by atoms with E-state index in [1.165, 1.54) is 7.11 Å². The Bertz CT molecular complexity index is 48.8. The molecular formula is C3H6BrNO. The van der Waals surface area contributed by atoms with E-state index in [4.69, 9.17) is 5.41 Å². The lowest BCUT2D eigenvalue weighted by Gasteiger charge is -1.90. The quantitative estimate of drug-likeness (QED) is 0.339. The minimum Gasteiger partial charge on any atom is -0.484 e. The van der Waals surface area contributed by atoms with Crippen molar-refractivity contribution in [1.29, 1.82) is 5.41 Å². The molecule has 36 valence electrons. The van der Waals surface area contributed by atoms with Crippen LogP contribution >= 0.6 is 15.9 Å². The van der Waals surface area contributed by atoms with Crippen LogP contribution in [0.15, 0.2) is 0 Å². The topological polar surface area (TPSA) is 33.1 Å². The molecule has 0 aromatic heterocycles. The van der Waals surface area contributed by atoms with Crippen LogP contribution in [0, 0.1) is 5.41 Å². The first-order valence-corrected chi connectivity index (χ1v) is 2.60. The Balaban J connectivity index is 2.99. The van der Waals surface area contributed by atoms with Gasteiger partial charge in [0.15, 0.2) is 5.90 Å². The maximum atomic E-state index is 6.72. The molecule has 0 aliphatic carbocycles. The van der Waals surface area contributed by atoms with Crippen molar-refractivity contribution in [2.45, 2.75) is 0 Å². The maximum absolute atomic E-state index is 6.72. The molecule has 0 amide bonds. The molecule has 0 aromatic rings. The number of alkyl halides is 1. The fourth-order valence-corrected chi connectivity index (χ4v) is 0.283. The van der Waals surface area contributed by atoms with Crippen molar-refractivity contribution < 1.29 is 4.74 Å². The molecule has 0 spiro atoms. The molecule has 0 radical (unpaired) electrons. The summed E-state index contributed by atoms with van der Waals surface area (Å²) in [4.78, 5) is 0. The van der Waals surface area contributed by atoms with Crippen molar-refractivity contribution in [3.05, 3.63) is 0 Å². The lowest BCUT2D eigenvalue weighted by atomic mass is 10.8. The van der Waals surface area contributed by atoms with Gasteiger partial charge >= 0.3 is 0 Å². The number of hydrogen-bond acceptors (Lipinski definition) is 2. The van der Waals surface area contributed by atoms with E-state index in [2.05, 4.69) is 20.7 Å². The van der Waals surface area contributed by atoms with E-state index >= 15 is 0 Å². The number of halogens is 1. The first kappa shape index (κ1) is 5.95. The average Bonchev–Trinajstić information content (AvgIpc) is 1.65. The lowest BCUT2D eigenvalue weighted by Crippen LogP contribution is -1.97. The highest BCUT2D eigenvalue weighted by atomic mass is 79.9. The smallest absolute Gasteiger partial charge is 0.191 e. The Morgan fingerprint density at radius 2 is 2.50 bits per heavy atom. The van der Waals surface area contributed by atoms with Gasteiger partial charge in [0.1, 0.15) is 0 Å². The Morgan fingerprint density at radius 3 is 2.50 bits per heavy atom. The van der Waals surface area contributed by atoms with Gasteiger partial charge in [-0.05, 0) is 0 Å². The third kappa shape index (κ3) is 2.20. The van der Waals surface area contributed by atoms with Crippen molar-refractivity contribution in [1.82, 2.24) is 0 Å². The number of rotatable bonds is 1. The SMILES string of the molecule is COC(=N)CBr. The summed E-state index contributed by atoms with van der Waals surface area (Å²) in [5, 5.41) is 7.22. The molecule has 0 aromatic carbocycles. The van der Waals surface area contributed by atoms with E-state index in [0.717, 1.165) is 0 Å². The first-order chi connectivity index (χ1) is 2.81. The number of hydrogen-bond donors (Lipinski definition) is 1. The summed E-state index contributed by atoms with van der Waals surface area (Å²) in [7, 11) is 1.48. The second kappa shape index (κ2) is 3.15. The number of methoxy groups -OCH3 is 1. The van der Waals surface area contributed by atoms with Gasteiger partial charge in [0.2, 0.25) is 0 Å². The van der Waals surface area contributed by atoms with E-state index in [9.17, 15) is 0 Å². The van der Waals surface area contributed by atoms with Crippen LogP contribution in [0.1, 0.15) is 0 Å². The largest absolute Gasteiger partial charge is 0.484 e. The Morgan fingerprint density at radius 1 is 2.00 bits per heavy atom. The van der Waals surface area contributed by atoms with Crippen molar-refractivity contribution in [2.24, 2.45) is 0 Å². The molecule has 0 atom stereocenters. The summed E-state index contributed by atoms with van der Waals surface area (Å²) in [5.41, 5.74) is 0. The van der Waals surface area contributed by atoms with Crippen LogP contribution < -0.4 is 0 Å². The van der Waals surface area contributed by atoms with E-state index in [1.54, 1.807) is 0 Å². The molecule has 6 heavy (non-hydrogen) atoms. The minimum atomic E-state index is 0.259. The summed E-state index contributed by atoms with van der Waals surface area (Å²) in [6.45, 7) is 0. The number of nitrogens with one attached hydrogen (secondary N) is 1. The summed E-state index contributed by atoms with van der Waals surface area (Å²) < 4.78 is 4.44. The van der Waals surface area contributed by atoms with Gasteiger partial charge in [-0.3, -0.25) is 5.41 Å². The fraction of sp³-hybridized carbons (Fsp3) is 0.667. The lowest BCUT2D eigenvalue weighted by molar-refractivity contribution is 0.397. The molecule has 0 rings (SSSR count). The van der Waals surface area contributed by atoms with Gasteiger partial charge in [0.05, 0.1) is 12.4 Å². The van der Waals surface area contributed by atoms with Crippen LogP contribution in [-0.2, 0) is 4.74 Å². The molecule has 0 unspecified atom stereocenters. The van der Waals surface area contributed by atoms with Crippen molar-refractivity contribution in [3.63, 3.8) is 0 Å². The molecule has 0 aliphatic heterocycles. The molecule has 0 saturated heterocycles. The van der Waals surface area contributed by atoms with Crippen molar-refractivity contribution in [3.8, 4) is 0 Å². The van der Waals surface area contributed by atoms with Gasteiger partial charge in [-0.1, -0.05) is 15.9 Å². The minimum absolute atomic E-state index is 0.259. The fourth-order valence-electron chi connectivity index (χ4n) is 0.0546. The van der Waals surface area contributed by atoms with Gasteiger partial charge in [-0.15, -0.1) is 0 Å². The van der Waals surface area contributed by atoms with Gasteiger partial charge in [0.25, 0.3) is 0 Å². The van der Waals surface area contributed by atoms with Crippen LogP contribution in [0.5, 0.6) is 0 Å². The Labute approximate surface area is 45.1 Å². The van der Waals surface area contributed by atoms with E-state index in [0.29, 0.717) is 5.33 Å². The summed E-state index contributed by atoms with van der Waals surface area (Å²) in [6.07, 6.45) is 0. The monoisotopic (exact) mass is 151 g/mol. The Kier molecular flexibility index (Phi) is 3.13. The molecular weight excluding hydrogens is 146 g/mol. The highest BCUT2D eigenvalue weighted by Crippen LogP contribution is 1.80. The van der Waals surface area contributed by atoms with Gasteiger partial charge in [0, 0.05) is 0 Å². The molecule has 2 nitrogen and oxygen atoms in total. The van der Waals surface area contributed by atoms with Crippen LogP contribution in [0.4, 0.5) is 0 Å². The summed E-state index contributed by atoms with van der Waals surface area (Å²) >= 11 is 3.03. The predicted molar refractivity (Wildman–Crippen MR) is 28.5 cm³/mol. The maximum Gasteiger partial charge on any atom is 0.191 e. The molecule has 0 heterocycles. The Hall–Kier alpha value is -0.0500. The highest BCUT2D eigenvalue weighted by molar-refractivity contribution is 9.09. The summed E-state index contributed by atoms with van der Waals surface area (Å²) in [6, 6.07) is 0. The normalized spacial score (nSPS) is 7.67. The van der Waals surface area contributed by atoms with Crippen LogP contribution in [0.2, 0.25) is 0 Å². The molecule has 0 saturated carbocycles. The second-order valence-corrected chi connectivity index (χ2v) is 1.32. The van der Waals surface area contributed by atoms with Gasteiger partial charge in [-0.25, -0.2) is 0 Å². The van der Waals surface area contributed by atoms with Crippen LogP contribution in [0.3, 0.4) is 0 Å². The zero-order valence-corrected chi connectivity index (χ0v) is 5.08. The van der Waals surface area contributed by atoms with Gasteiger partial charge in [-0.2, -0.15) is 0 Å². The number of ether oxygens (including phenoxy) is 1. The highest BCUT2D eigenvalue weighted by Gasteiger charge is 1.83. The van der Waals surface area contributed by atoms with Crippen molar-refractivity contribution in [2.75, 3.05) is 12.4 Å². The van der Waals surface area contributed by atoms with E-state index in [1.807, 2.05) is 0 Å². The third-order valence-electron chi connectivity index (χ3n) is 0.368. The molecule has 1 N–H and O–H groups in total. The third-order valence-corrected chi connectivity index (χ3v) is 0.877. The summed E-state index contributed by atoms with van der Waals surface area (Å²) in [5.74, 6) is 0.259. The van der Waals surface area contributed by atoms with Gasteiger partial charge < -0.3 is 4.74 Å². The zero-order valence-electron chi connectivity index (χ0n) is 3.49. The predicted octanol–water partition coefficient (Wildman–Crippen LogP) is 1.00. The molecule has 3 heteroatoms. The molecule has 0 fully saturated rings. The standard InChI is InChI=1S/C3H6BrNO/c1-6-3(5)2-4/h5H,2H2,1H3. The van der Waals surface area contributed by atoms with E-state index in [-0.39, 0.29) is 5.90 Å². The van der Waals surface area contributed by atoms with Crippen LogP contribution in [0.25, 0.3) is 0 Å². The average molecular weight is 152 g/mol. The first-order valence-electron chi connectivity index (χ1n) is 1.48. The molecule has 0 aliphatic rings.